The van der Waals surface area contributed by atoms with Crippen LogP contribution in [0.5, 0.6) is 0 Å². The summed E-state index contributed by atoms with van der Waals surface area (Å²) in [5.74, 6) is 0.667. The van der Waals surface area contributed by atoms with Gasteiger partial charge in [-0.25, -0.2) is 0 Å². The first-order valence-corrected chi connectivity index (χ1v) is 14.8. The molecule has 0 saturated carbocycles. The molecule has 6 fully saturated rings. The van der Waals surface area contributed by atoms with E-state index in [0.29, 0.717) is 31.2 Å². The third kappa shape index (κ3) is 25.5. The van der Waals surface area contributed by atoms with Crippen molar-refractivity contribution in [2.45, 2.75) is 31.2 Å². The molecule has 6 saturated heterocycles. The molecule has 242 valence electrons. The summed E-state index contributed by atoms with van der Waals surface area (Å²) in [6.07, 6.45) is 3.11. The van der Waals surface area contributed by atoms with E-state index in [2.05, 4.69) is 15.1 Å². The Kier molecular flexibility index (Phi) is 28.7. The van der Waals surface area contributed by atoms with Gasteiger partial charge < -0.3 is 55.8 Å². The number of aliphatic hydroxyl groups is 2. The fourth-order valence-electron chi connectivity index (χ4n) is 3.58. The number of β-amino-alcohol motifs (C(OH)–C–C–N with tert-alkyl or cyclic N) is 1. The summed E-state index contributed by atoms with van der Waals surface area (Å²) in [4.78, 5) is 4.57. The number of rotatable bonds is 6. The number of epoxide rings is 2. The van der Waals surface area contributed by atoms with Crippen LogP contribution < -0.4 is 17.2 Å². The van der Waals surface area contributed by atoms with Gasteiger partial charge in [-0.15, -0.1) is 11.6 Å². The molecule has 3 atom stereocenters. The molecule has 8 N–H and O–H groups in total. The molecule has 0 aliphatic carbocycles. The lowest BCUT2D eigenvalue weighted by Gasteiger charge is -2.27. The number of nitrogens with one attached hydrogen (secondary N) is 1. The highest BCUT2D eigenvalue weighted by Crippen LogP contribution is 2.11. The maximum Gasteiger partial charge on any atom is 0.0944 e. The van der Waals surface area contributed by atoms with Crippen molar-refractivity contribution in [3.63, 3.8) is 0 Å². The summed E-state index contributed by atoms with van der Waals surface area (Å²) in [5.41, 5.74) is 5.28. The molecule has 0 aromatic carbocycles. The van der Waals surface area contributed by atoms with Gasteiger partial charge in [0.15, 0.2) is 0 Å². The molecular weight excluding hydrogens is 546 g/mol. The van der Waals surface area contributed by atoms with Gasteiger partial charge in [0.05, 0.1) is 77.0 Å². The number of morpholine rings is 3. The van der Waals surface area contributed by atoms with Gasteiger partial charge in [-0.2, -0.15) is 0 Å². The quantitative estimate of drug-likeness (QED) is 0.187. The Hall–Kier alpha value is -0.230. The molecule has 0 bridgehead atoms. The van der Waals surface area contributed by atoms with Crippen LogP contribution in [0.3, 0.4) is 0 Å². The fraction of sp³-hybridized carbons (Fsp3) is 1.00. The molecule has 40 heavy (non-hydrogen) atoms. The molecule has 6 heterocycles. The second kappa shape index (κ2) is 28.9. The predicted octanol–water partition coefficient (Wildman–Crippen LogP) is -0.847. The van der Waals surface area contributed by atoms with Gasteiger partial charge in [0.2, 0.25) is 0 Å². The van der Waals surface area contributed by atoms with Crippen LogP contribution in [0, 0.1) is 0 Å². The van der Waals surface area contributed by atoms with E-state index in [-0.39, 0.29) is 12.3 Å². The molecule has 0 spiro atoms. The molecule has 1 unspecified atom stereocenters. The van der Waals surface area contributed by atoms with Crippen LogP contribution in [-0.2, 0) is 28.4 Å². The van der Waals surface area contributed by atoms with Crippen molar-refractivity contribution < 1.29 is 38.6 Å². The number of nitrogens with two attached hydrogens (primary N) is 1. The summed E-state index contributed by atoms with van der Waals surface area (Å²) in [6, 6.07) is 0. The zero-order chi connectivity index (χ0) is 28.4. The van der Waals surface area contributed by atoms with E-state index in [4.69, 9.17) is 50.9 Å². The Morgan fingerprint density at radius 3 is 1.52 bits per heavy atom. The van der Waals surface area contributed by atoms with Gasteiger partial charge in [0, 0.05) is 79.2 Å². The molecule has 6 aliphatic heterocycles. The van der Waals surface area contributed by atoms with E-state index in [1.165, 1.54) is 12.8 Å². The van der Waals surface area contributed by atoms with Crippen molar-refractivity contribution in [1.82, 2.24) is 21.3 Å². The summed E-state index contributed by atoms with van der Waals surface area (Å²) < 4.78 is 30.2. The maximum atomic E-state index is 9.20. The van der Waals surface area contributed by atoms with E-state index < -0.39 is 0 Å². The average Bonchev–Trinajstić information content (AvgIpc) is 3.96. The zero-order valence-corrected chi connectivity index (χ0v) is 25.4. The largest absolute Gasteiger partial charge is 0.400 e. The standard InChI is InChI=1S/C7H16N2O2.C7H13NO2.C4H9NO.C4H8O.C3H5ClO.CH4O.H3N/c8-5-7(10)6-9-1-3-11-4-2-9;1-3-9-4-2-8(1)5-7-6-10-7;1-3-6-4-2-5-1;1-2-4-5-3-1;4-1-3-2-5-3;1-2;/h7,10H,1-6,8H2;7H,1-6H2;5H,1-4H2;1-4H2;3H,1-2H2;2H,1H3;1H3/t2*7-;;;;;/m01...../s1. The first kappa shape index (κ1) is 39.8. The summed E-state index contributed by atoms with van der Waals surface area (Å²) in [7, 11) is 1.00. The second-order valence-corrected chi connectivity index (χ2v) is 9.77. The first-order chi connectivity index (χ1) is 19.2. The number of halogens is 1. The van der Waals surface area contributed by atoms with Gasteiger partial charge in [0.25, 0.3) is 0 Å². The molecular formula is C26H58ClN5O8. The molecule has 6 aliphatic rings. The van der Waals surface area contributed by atoms with E-state index in [0.717, 1.165) is 119 Å². The fourth-order valence-corrected chi connectivity index (χ4v) is 3.76. The SMILES string of the molecule is C1CCOC1.C1CN(C[C@@H]2CO2)CCO1.C1COCCN1.CO.ClCC1CO1.N.NC[C@H](O)CN1CCOCC1. The van der Waals surface area contributed by atoms with Crippen molar-refractivity contribution in [2.24, 2.45) is 5.73 Å². The Labute approximate surface area is 246 Å². The van der Waals surface area contributed by atoms with Crippen molar-refractivity contribution in [3.8, 4) is 0 Å². The highest BCUT2D eigenvalue weighted by molar-refractivity contribution is 6.18. The van der Waals surface area contributed by atoms with Crippen LogP contribution in [0.4, 0.5) is 0 Å². The van der Waals surface area contributed by atoms with Crippen molar-refractivity contribution in [3.05, 3.63) is 0 Å². The lowest BCUT2D eigenvalue weighted by molar-refractivity contribution is 0.0164. The van der Waals surface area contributed by atoms with Crippen molar-refractivity contribution >= 4 is 11.6 Å². The Balaban J connectivity index is 0.000000481. The van der Waals surface area contributed by atoms with E-state index in [1.54, 1.807) is 0 Å². The lowest BCUT2D eigenvalue weighted by Crippen LogP contribution is -2.42. The minimum atomic E-state index is -0.381. The monoisotopic (exact) mass is 603 g/mol. The molecule has 13 nitrogen and oxygen atoms in total. The third-order valence-electron chi connectivity index (χ3n) is 6.06. The van der Waals surface area contributed by atoms with Gasteiger partial charge >= 0.3 is 0 Å². The van der Waals surface area contributed by atoms with E-state index in [9.17, 15) is 5.11 Å². The highest BCUT2D eigenvalue weighted by Gasteiger charge is 2.26. The summed E-state index contributed by atoms with van der Waals surface area (Å²) in [6.45, 7) is 17.2. The van der Waals surface area contributed by atoms with Crippen LogP contribution in [0.1, 0.15) is 12.8 Å². The van der Waals surface area contributed by atoms with Crippen LogP contribution >= 0.6 is 11.6 Å². The first-order valence-electron chi connectivity index (χ1n) is 14.3. The van der Waals surface area contributed by atoms with Gasteiger partial charge in [-0.1, -0.05) is 0 Å². The van der Waals surface area contributed by atoms with Crippen LogP contribution in [-0.4, -0.2) is 176 Å². The number of nitrogens with zero attached hydrogens (tertiary/aromatic N) is 2. The Morgan fingerprint density at radius 1 is 0.775 bits per heavy atom. The van der Waals surface area contributed by atoms with Crippen LogP contribution in [0.25, 0.3) is 0 Å². The average molecular weight is 604 g/mol. The molecule has 0 aromatic heterocycles. The third-order valence-corrected chi connectivity index (χ3v) is 6.41. The van der Waals surface area contributed by atoms with Gasteiger partial charge in [0.1, 0.15) is 0 Å². The van der Waals surface area contributed by atoms with Gasteiger partial charge in [-0.3, -0.25) is 9.80 Å². The zero-order valence-electron chi connectivity index (χ0n) is 24.7. The number of aliphatic hydroxyl groups excluding tert-OH is 2. The Bertz CT molecular complexity index is 488. The second-order valence-electron chi connectivity index (χ2n) is 9.46. The van der Waals surface area contributed by atoms with Crippen molar-refractivity contribution in [1.29, 1.82) is 0 Å². The van der Waals surface area contributed by atoms with E-state index >= 15 is 0 Å². The lowest BCUT2D eigenvalue weighted by atomic mass is 10.3. The van der Waals surface area contributed by atoms with Gasteiger partial charge in [-0.05, 0) is 12.8 Å². The molecule has 0 aromatic rings. The number of alkyl halides is 1. The summed E-state index contributed by atoms with van der Waals surface area (Å²) >= 11 is 5.27. The highest BCUT2D eigenvalue weighted by atomic mass is 35.5. The normalized spacial score (nSPS) is 26.0. The number of hydrogen-bond acceptors (Lipinski definition) is 13. The Morgan fingerprint density at radius 2 is 1.23 bits per heavy atom. The molecule has 14 heteroatoms. The van der Waals surface area contributed by atoms with E-state index in [1.807, 2.05) is 0 Å². The maximum absolute atomic E-state index is 9.20. The topological polar surface area (TPSA) is 182 Å². The minimum absolute atomic E-state index is 0. The predicted molar refractivity (Wildman–Crippen MR) is 157 cm³/mol. The minimum Gasteiger partial charge on any atom is -0.400 e. The van der Waals surface area contributed by atoms with Crippen molar-refractivity contribution in [2.75, 3.05) is 138 Å². The molecule has 0 radical (unpaired) electrons. The smallest absolute Gasteiger partial charge is 0.0944 e. The van der Waals surface area contributed by atoms with Crippen LogP contribution in [0.15, 0.2) is 0 Å². The molecule has 6 rings (SSSR count). The van der Waals surface area contributed by atoms with Crippen LogP contribution in [0.2, 0.25) is 0 Å². The molecule has 0 amide bonds. The summed E-state index contributed by atoms with van der Waals surface area (Å²) in [5, 5.41) is 19.4. The number of ether oxygens (including phenoxy) is 6. The number of hydrogen-bond donors (Lipinski definition) is 5.